The molecule has 2 aromatic rings. The van der Waals surface area contributed by atoms with Crippen LogP contribution in [0.15, 0.2) is 30.3 Å². The zero-order chi connectivity index (χ0) is 14.1. The molecule has 1 amide bonds. The highest BCUT2D eigenvalue weighted by molar-refractivity contribution is 6.05. The number of benzene rings is 1. The van der Waals surface area contributed by atoms with Crippen LogP contribution in [0.25, 0.3) is 10.9 Å². The van der Waals surface area contributed by atoms with Crippen LogP contribution in [0, 0.1) is 6.92 Å². The molecule has 1 aromatic heterocycles. The van der Waals surface area contributed by atoms with Crippen molar-refractivity contribution in [1.82, 2.24) is 9.88 Å². The Labute approximate surface area is 118 Å². The van der Waals surface area contributed by atoms with E-state index in [1.54, 1.807) is 0 Å². The van der Waals surface area contributed by atoms with E-state index in [0.29, 0.717) is 12.1 Å². The fourth-order valence-electron chi connectivity index (χ4n) is 2.92. The summed E-state index contributed by atoms with van der Waals surface area (Å²) in [7, 11) is 0. The summed E-state index contributed by atoms with van der Waals surface area (Å²) >= 11 is 0. The van der Waals surface area contributed by atoms with Crippen molar-refractivity contribution in [2.45, 2.75) is 25.8 Å². The van der Waals surface area contributed by atoms with E-state index in [1.165, 1.54) is 0 Å². The first-order chi connectivity index (χ1) is 9.70. The summed E-state index contributed by atoms with van der Waals surface area (Å²) in [6.45, 7) is 3.27. The molecule has 0 spiro atoms. The monoisotopic (exact) mass is 269 g/mol. The number of para-hydroxylation sites is 1. The summed E-state index contributed by atoms with van der Waals surface area (Å²) < 4.78 is 0. The van der Waals surface area contributed by atoms with Crippen molar-refractivity contribution in [2.24, 2.45) is 5.73 Å². The highest BCUT2D eigenvalue weighted by atomic mass is 16.2. The molecule has 1 aliphatic heterocycles. The van der Waals surface area contributed by atoms with Crippen molar-refractivity contribution in [3.05, 3.63) is 41.6 Å². The normalized spacial score (nSPS) is 18.7. The van der Waals surface area contributed by atoms with E-state index in [9.17, 15) is 4.79 Å². The largest absolute Gasteiger partial charge is 0.334 e. The number of pyridine rings is 1. The number of nitrogens with two attached hydrogens (primary N) is 1. The van der Waals surface area contributed by atoms with Gasteiger partial charge in [0.2, 0.25) is 0 Å². The van der Waals surface area contributed by atoms with Gasteiger partial charge in [-0.25, -0.2) is 0 Å². The van der Waals surface area contributed by atoms with E-state index in [1.807, 2.05) is 42.2 Å². The number of carbonyl (C=O) groups is 1. The zero-order valence-electron chi connectivity index (χ0n) is 11.7. The lowest BCUT2D eigenvalue weighted by atomic mass is 10.1. The number of hydrogen-bond acceptors (Lipinski definition) is 3. The van der Waals surface area contributed by atoms with Crippen LogP contribution in [0.5, 0.6) is 0 Å². The fourth-order valence-corrected chi connectivity index (χ4v) is 2.92. The number of amides is 1. The highest BCUT2D eigenvalue weighted by Crippen LogP contribution is 2.23. The zero-order valence-corrected chi connectivity index (χ0v) is 11.7. The second-order valence-electron chi connectivity index (χ2n) is 5.36. The minimum atomic E-state index is 0.0571. The molecule has 1 atom stereocenters. The standard InChI is InChI=1S/C16H19N3O/c1-11-7-8-12-4-2-6-14(15(12)18-11)16(20)19-9-3-5-13(19)10-17/h2,4,6-8,13H,3,5,9-10,17H2,1H3/t13-/m1/s1. The first-order valence-corrected chi connectivity index (χ1v) is 7.08. The summed E-state index contributed by atoms with van der Waals surface area (Å²) in [4.78, 5) is 19.2. The summed E-state index contributed by atoms with van der Waals surface area (Å²) in [6.07, 6.45) is 2.03. The minimum Gasteiger partial charge on any atom is -0.334 e. The summed E-state index contributed by atoms with van der Waals surface area (Å²) in [5.41, 5.74) is 8.17. The van der Waals surface area contributed by atoms with Crippen molar-refractivity contribution < 1.29 is 4.79 Å². The van der Waals surface area contributed by atoms with Gasteiger partial charge in [-0.3, -0.25) is 9.78 Å². The molecule has 1 aliphatic rings. The average Bonchev–Trinajstić information content (AvgIpc) is 2.94. The van der Waals surface area contributed by atoms with Gasteiger partial charge in [0.05, 0.1) is 11.1 Å². The first-order valence-electron chi connectivity index (χ1n) is 7.08. The molecule has 1 saturated heterocycles. The van der Waals surface area contributed by atoms with Gasteiger partial charge in [0.25, 0.3) is 5.91 Å². The molecule has 0 bridgehead atoms. The molecular formula is C16H19N3O. The highest BCUT2D eigenvalue weighted by Gasteiger charge is 2.29. The number of nitrogens with zero attached hydrogens (tertiary/aromatic N) is 2. The predicted molar refractivity (Wildman–Crippen MR) is 79.6 cm³/mol. The van der Waals surface area contributed by atoms with Gasteiger partial charge in [-0.2, -0.15) is 0 Å². The van der Waals surface area contributed by atoms with E-state index in [2.05, 4.69) is 4.98 Å². The molecule has 4 nitrogen and oxygen atoms in total. The maximum atomic E-state index is 12.8. The number of carbonyl (C=O) groups excluding carboxylic acids is 1. The van der Waals surface area contributed by atoms with Crippen LogP contribution < -0.4 is 5.73 Å². The van der Waals surface area contributed by atoms with Crippen molar-refractivity contribution in [1.29, 1.82) is 0 Å². The molecule has 104 valence electrons. The maximum absolute atomic E-state index is 12.8. The fraction of sp³-hybridized carbons (Fsp3) is 0.375. The molecule has 0 saturated carbocycles. The van der Waals surface area contributed by atoms with Crippen LogP contribution >= 0.6 is 0 Å². The van der Waals surface area contributed by atoms with Crippen LogP contribution in [-0.4, -0.2) is 34.9 Å². The average molecular weight is 269 g/mol. The van der Waals surface area contributed by atoms with E-state index in [-0.39, 0.29) is 11.9 Å². The summed E-state index contributed by atoms with van der Waals surface area (Å²) in [6, 6.07) is 9.92. The molecule has 2 N–H and O–H groups in total. The Morgan fingerprint density at radius 2 is 2.25 bits per heavy atom. The lowest BCUT2D eigenvalue weighted by Crippen LogP contribution is -2.40. The van der Waals surface area contributed by atoms with E-state index in [4.69, 9.17) is 5.73 Å². The molecule has 1 aromatic carbocycles. The molecule has 4 heteroatoms. The Bertz CT molecular complexity index is 653. The van der Waals surface area contributed by atoms with Crippen LogP contribution in [0.2, 0.25) is 0 Å². The van der Waals surface area contributed by atoms with Gasteiger partial charge in [0, 0.05) is 30.2 Å². The SMILES string of the molecule is Cc1ccc2cccc(C(=O)N3CCC[C@@H]3CN)c2n1. The van der Waals surface area contributed by atoms with Crippen molar-refractivity contribution in [2.75, 3.05) is 13.1 Å². The molecule has 1 fully saturated rings. The molecule has 0 unspecified atom stereocenters. The summed E-state index contributed by atoms with van der Waals surface area (Å²) in [5.74, 6) is 0.0571. The number of hydrogen-bond donors (Lipinski definition) is 1. The van der Waals surface area contributed by atoms with Gasteiger partial charge in [-0.15, -0.1) is 0 Å². The van der Waals surface area contributed by atoms with Gasteiger partial charge in [-0.1, -0.05) is 18.2 Å². The van der Waals surface area contributed by atoms with Crippen LogP contribution in [0.4, 0.5) is 0 Å². The second-order valence-corrected chi connectivity index (χ2v) is 5.36. The summed E-state index contributed by atoms with van der Waals surface area (Å²) in [5, 5.41) is 1.00. The Morgan fingerprint density at radius 3 is 3.05 bits per heavy atom. The third-order valence-electron chi connectivity index (χ3n) is 4.00. The maximum Gasteiger partial charge on any atom is 0.256 e. The topological polar surface area (TPSA) is 59.2 Å². The number of aromatic nitrogens is 1. The Balaban J connectivity index is 2.05. The van der Waals surface area contributed by atoms with Crippen LogP contribution in [-0.2, 0) is 0 Å². The number of aryl methyl sites for hydroxylation is 1. The van der Waals surface area contributed by atoms with Gasteiger partial charge in [0.1, 0.15) is 0 Å². The van der Waals surface area contributed by atoms with Crippen molar-refractivity contribution >= 4 is 16.8 Å². The number of likely N-dealkylation sites (tertiary alicyclic amines) is 1. The second kappa shape index (κ2) is 5.21. The van der Waals surface area contributed by atoms with Gasteiger partial charge < -0.3 is 10.6 Å². The smallest absolute Gasteiger partial charge is 0.256 e. The number of rotatable bonds is 2. The molecule has 0 aliphatic carbocycles. The van der Waals surface area contributed by atoms with Gasteiger partial charge >= 0.3 is 0 Å². The Hall–Kier alpha value is -1.94. The quantitative estimate of drug-likeness (QED) is 0.908. The van der Waals surface area contributed by atoms with Crippen LogP contribution in [0.1, 0.15) is 28.9 Å². The Kier molecular flexibility index (Phi) is 3.40. The molecular weight excluding hydrogens is 250 g/mol. The lowest BCUT2D eigenvalue weighted by molar-refractivity contribution is 0.0743. The van der Waals surface area contributed by atoms with Crippen molar-refractivity contribution in [3.63, 3.8) is 0 Å². The Morgan fingerprint density at radius 1 is 1.40 bits per heavy atom. The minimum absolute atomic E-state index is 0.0571. The third-order valence-corrected chi connectivity index (χ3v) is 4.00. The third kappa shape index (κ3) is 2.16. The van der Waals surface area contributed by atoms with E-state index in [0.717, 1.165) is 36.0 Å². The number of fused-ring (bicyclic) bond motifs is 1. The predicted octanol–water partition coefficient (Wildman–Crippen LogP) is 2.11. The molecule has 0 radical (unpaired) electrons. The molecule has 2 heterocycles. The first kappa shape index (κ1) is 13.1. The van der Waals surface area contributed by atoms with Crippen LogP contribution in [0.3, 0.4) is 0 Å². The van der Waals surface area contributed by atoms with Gasteiger partial charge in [-0.05, 0) is 31.9 Å². The van der Waals surface area contributed by atoms with Gasteiger partial charge in [0.15, 0.2) is 0 Å². The van der Waals surface area contributed by atoms with Crippen molar-refractivity contribution in [3.8, 4) is 0 Å². The van der Waals surface area contributed by atoms with E-state index >= 15 is 0 Å². The molecule has 3 rings (SSSR count). The van der Waals surface area contributed by atoms with E-state index < -0.39 is 0 Å². The molecule has 20 heavy (non-hydrogen) atoms. The lowest BCUT2D eigenvalue weighted by Gasteiger charge is -2.24.